The van der Waals surface area contributed by atoms with Crippen molar-refractivity contribution in [3.8, 4) is 0 Å². The third-order valence-corrected chi connectivity index (χ3v) is 3.10. The molecule has 0 saturated carbocycles. The molecule has 0 bridgehead atoms. The lowest BCUT2D eigenvalue weighted by Gasteiger charge is -2.12. The first-order valence-corrected chi connectivity index (χ1v) is 6.60. The van der Waals surface area contributed by atoms with Gasteiger partial charge in [0.15, 0.2) is 0 Å². The Morgan fingerprint density at radius 3 is 2.55 bits per heavy atom. The molecule has 4 nitrogen and oxygen atoms in total. The fraction of sp³-hybridized carbons (Fsp3) is 0.200. The number of benzene rings is 1. The Balaban J connectivity index is 1.96. The molecule has 20 heavy (non-hydrogen) atoms. The van der Waals surface area contributed by atoms with Gasteiger partial charge in [-0.2, -0.15) is 0 Å². The number of hydrogen-bond acceptors (Lipinski definition) is 3. The molecule has 0 radical (unpaired) electrons. The van der Waals surface area contributed by atoms with Gasteiger partial charge in [0, 0.05) is 37.5 Å². The molecule has 0 unspecified atom stereocenters. The van der Waals surface area contributed by atoms with E-state index < -0.39 is 0 Å². The quantitative estimate of drug-likeness (QED) is 0.941. The van der Waals surface area contributed by atoms with Gasteiger partial charge in [-0.05, 0) is 29.8 Å². The number of nitrogens with one attached hydrogen (secondary N) is 1. The van der Waals surface area contributed by atoms with E-state index in [9.17, 15) is 4.79 Å². The van der Waals surface area contributed by atoms with Crippen molar-refractivity contribution in [2.24, 2.45) is 0 Å². The lowest BCUT2D eigenvalue weighted by molar-refractivity contribution is 0.0946. The fourth-order valence-electron chi connectivity index (χ4n) is 1.71. The van der Waals surface area contributed by atoms with Gasteiger partial charge in [-0.25, -0.2) is 0 Å². The number of carbonyl (C=O) groups is 1. The number of pyridine rings is 1. The van der Waals surface area contributed by atoms with E-state index in [0.717, 1.165) is 11.3 Å². The number of rotatable bonds is 4. The van der Waals surface area contributed by atoms with E-state index in [-0.39, 0.29) is 5.91 Å². The molecule has 2 aromatic rings. The zero-order valence-electron chi connectivity index (χ0n) is 11.4. The summed E-state index contributed by atoms with van der Waals surface area (Å²) in [5.74, 6) is -0.232. The van der Waals surface area contributed by atoms with Crippen LogP contribution in [0.2, 0.25) is 5.02 Å². The van der Waals surface area contributed by atoms with Gasteiger partial charge in [0.25, 0.3) is 5.91 Å². The van der Waals surface area contributed by atoms with Crippen LogP contribution in [-0.2, 0) is 6.54 Å². The Labute approximate surface area is 123 Å². The molecular formula is C15H16ClN3O. The van der Waals surface area contributed by atoms with Crippen molar-refractivity contribution in [3.63, 3.8) is 0 Å². The van der Waals surface area contributed by atoms with Gasteiger partial charge in [0.1, 0.15) is 5.69 Å². The third-order valence-electron chi connectivity index (χ3n) is 2.86. The monoisotopic (exact) mass is 289 g/mol. The van der Waals surface area contributed by atoms with Crippen molar-refractivity contribution >= 4 is 23.2 Å². The Hall–Kier alpha value is -2.07. The van der Waals surface area contributed by atoms with Gasteiger partial charge < -0.3 is 10.2 Å². The average molecular weight is 290 g/mol. The van der Waals surface area contributed by atoms with Crippen molar-refractivity contribution in [2.75, 3.05) is 19.0 Å². The Kier molecular flexibility index (Phi) is 4.58. The SMILES string of the molecule is CN(C)c1ccc(CNC(=O)c2cc(Cl)ccn2)cc1. The molecule has 0 saturated heterocycles. The van der Waals surface area contributed by atoms with Gasteiger partial charge >= 0.3 is 0 Å². The van der Waals surface area contributed by atoms with Gasteiger partial charge in [-0.1, -0.05) is 23.7 Å². The summed E-state index contributed by atoms with van der Waals surface area (Å²) in [6.07, 6.45) is 1.52. The summed E-state index contributed by atoms with van der Waals surface area (Å²) in [5, 5.41) is 3.32. The van der Waals surface area contributed by atoms with Crippen LogP contribution in [0.3, 0.4) is 0 Å². The van der Waals surface area contributed by atoms with E-state index in [1.807, 2.05) is 43.3 Å². The summed E-state index contributed by atoms with van der Waals surface area (Å²) in [6, 6.07) is 11.2. The van der Waals surface area contributed by atoms with Crippen LogP contribution < -0.4 is 10.2 Å². The van der Waals surface area contributed by atoms with E-state index in [0.29, 0.717) is 17.3 Å². The molecule has 1 amide bonds. The standard InChI is InChI=1S/C15H16ClN3O/c1-19(2)13-5-3-11(4-6-13)10-18-15(20)14-9-12(16)7-8-17-14/h3-9H,10H2,1-2H3,(H,18,20). The van der Waals surface area contributed by atoms with Crippen LogP contribution in [0.15, 0.2) is 42.6 Å². The number of hydrogen-bond donors (Lipinski definition) is 1. The molecule has 5 heteroatoms. The van der Waals surface area contributed by atoms with Crippen molar-refractivity contribution < 1.29 is 4.79 Å². The van der Waals surface area contributed by atoms with Crippen LogP contribution >= 0.6 is 11.6 Å². The number of nitrogens with zero attached hydrogens (tertiary/aromatic N) is 2. The predicted octanol–water partition coefficient (Wildman–Crippen LogP) is 2.73. The maximum absolute atomic E-state index is 11.9. The van der Waals surface area contributed by atoms with Crippen LogP contribution in [0, 0.1) is 0 Å². The van der Waals surface area contributed by atoms with E-state index in [1.54, 1.807) is 12.1 Å². The van der Waals surface area contributed by atoms with Crippen molar-refractivity contribution in [2.45, 2.75) is 6.54 Å². The van der Waals surface area contributed by atoms with E-state index in [4.69, 9.17) is 11.6 Å². The summed E-state index contributed by atoms with van der Waals surface area (Å²) in [7, 11) is 3.98. The highest BCUT2D eigenvalue weighted by molar-refractivity contribution is 6.30. The molecule has 0 aliphatic carbocycles. The largest absolute Gasteiger partial charge is 0.378 e. The zero-order chi connectivity index (χ0) is 14.5. The van der Waals surface area contributed by atoms with Crippen molar-refractivity contribution in [3.05, 3.63) is 58.9 Å². The molecule has 0 spiro atoms. The van der Waals surface area contributed by atoms with Crippen LogP contribution in [0.5, 0.6) is 0 Å². The minimum absolute atomic E-state index is 0.232. The Bertz CT molecular complexity index is 596. The molecule has 0 aliphatic heterocycles. The molecule has 0 fully saturated rings. The molecule has 2 rings (SSSR count). The predicted molar refractivity (Wildman–Crippen MR) is 81.2 cm³/mol. The summed E-state index contributed by atoms with van der Waals surface area (Å²) in [4.78, 5) is 17.9. The first-order valence-electron chi connectivity index (χ1n) is 6.22. The van der Waals surface area contributed by atoms with Gasteiger partial charge in [0.2, 0.25) is 0 Å². The molecule has 0 atom stereocenters. The highest BCUT2D eigenvalue weighted by Gasteiger charge is 2.07. The molecule has 104 valence electrons. The minimum atomic E-state index is -0.232. The second kappa shape index (κ2) is 6.39. The number of anilines is 1. The number of halogens is 1. The van der Waals surface area contributed by atoms with Crippen LogP contribution in [0.1, 0.15) is 16.1 Å². The van der Waals surface area contributed by atoms with Gasteiger partial charge in [-0.15, -0.1) is 0 Å². The lowest BCUT2D eigenvalue weighted by Crippen LogP contribution is -2.23. The number of carbonyl (C=O) groups excluding carboxylic acids is 1. The van der Waals surface area contributed by atoms with Gasteiger partial charge in [0.05, 0.1) is 0 Å². The smallest absolute Gasteiger partial charge is 0.270 e. The van der Waals surface area contributed by atoms with E-state index >= 15 is 0 Å². The molecule has 1 heterocycles. The Morgan fingerprint density at radius 1 is 1.25 bits per heavy atom. The summed E-state index contributed by atoms with van der Waals surface area (Å²) in [5.41, 5.74) is 2.48. The highest BCUT2D eigenvalue weighted by atomic mass is 35.5. The average Bonchev–Trinajstić information content (AvgIpc) is 2.45. The molecule has 1 N–H and O–H groups in total. The van der Waals surface area contributed by atoms with Crippen LogP contribution in [-0.4, -0.2) is 25.0 Å². The third kappa shape index (κ3) is 3.71. The Morgan fingerprint density at radius 2 is 1.95 bits per heavy atom. The maximum Gasteiger partial charge on any atom is 0.270 e. The fourth-order valence-corrected chi connectivity index (χ4v) is 1.87. The number of amides is 1. The maximum atomic E-state index is 11.9. The first kappa shape index (κ1) is 14.3. The number of aromatic nitrogens is 1. The molecular weight excluding hydrogens is 274 g/mol. The van der Waals surface area contributed by atoms with Crippen LogP contribution in [0.25, 0.3) is 0 Å². The minimum Gasteiger partial charge on any atom is -0.378 e. The van der Waals surface area contributed by atoms with Crippen molar-refractivity contribution in [1.82, 2.24) is 10.3 Å². The van der Waals surface area contributed by atoms with Gasteiger partial charge in [-0.3, -0.25) is 9.78 Å². The molecule has 1 aromatic heterocycles. The van der Waals surface area contributed by atoms with Crippen LogP contribution in [0.4, 0.5) is 5.69 Å². The normalized spacial score (nSPS) is 10.2. The zero-order valence-corrected chi connectivity index (χ0v) is 12.2. The first-order chi connectivity index (χ1) is 9.56. The summed E-state index contributed by atoms with van der Waals surface area (Å²) < 4.78 is 0. The highest BCUT2D eigenvalue weighted by Crippen LogP contribution is 2.12. The van der Waals surface area contributed by atoms with E-state index in [1.165, 1.54) is 6.20 Å². The van der Waals surface area contributed by atoms with E-state index in [2.05, 4.69) is 10.3 Å². The molecule has 1 aromatic carbocycles. The second-order valence-corrected chi connectivity index (χ2v) is 5.04. The van der Waals surface area contributed by atoms with Crippen molar-refractivity contribution in [1.29, 1.82) is 0 Å². The molecule has 0 aliphatic rings. The lowest BCUT2D eigenvalue weighted by atomic mass is 10.2. The summed E-state index contributed by atoms with van der Waals surface area (Å²) >= 11 is 5.83. The topological polar surface area (TPSA) is 45.2 Å². The second-order valence-electron chi connectivity index (χ2n) is 4.60. The summed E-state index contributed by atoms with van der Waals surface area (Å²) in [6.45, 7) is 0.459.